The summed E-state index contributed by atoms with van der Waals surface area (Å²) < 4.78 is 10.9. The fourth-order valence-corrected chi connectivity index (χ4v) is 4.45. The Morgan fingerprint density at radius 1 is 0.881 bits per heavy atom. The molecule has 0 saturated carbocycles. The van der Waals surface area contributed by atoms with Crippen molar-refractivity contribution in [1.82, 2.24) is 9.97 Å². The second-order valence-electron chi connectivity index (χ2n) is 11.9. The molecule has 0 spiro atoms. The van der Waals surface area contributed by atoms with Gasteiger partial charge in [-0.25, -0.2) is 19.6 Å². The number of anilines is 4. The minimum atomic E-state index is -0.694. The lowest BCUT2D eigenvalue weighted by atomic mass is 10.2. The molecule has 2 heterocycles. The van der Waals surface area contributed by atoms with Crippen LogP contribution < -0.4 is 20.4 Å². The van der Waals surface area contributed by atoms with E-state index in [1.54, 1.807) is 82.8 Å². The van der Waals surface area contributed by atoms with Crippen molar-refractivity contribution in [2.75, 3.05) is 41.1 Å². The first-order valence-electron chi connectivity index (χ1n) is 13.5. The van der Waals surface area contributed by atoms with Gasteiger partial charge in [-0.2, -0.15) is 0 Å². The fourth-order valence-electron chi connectivity index (χ4n) is 3.72. The zero-order valence-electron chi connectivity index (χ0n) is 25.7. The summed E-state index contributed by atoms with van der Waals surface area (Å²) in [5.74, 6) is 0.286. The predicted octanol–water partition coefficient (Wildman–Crippen LogP) is 6.50. The van der Waals surface area contributed by atoms with Crippen molar-refractivity contribution in [3.05, 3.63) is 58.7 Å². The lowest BCUT2D eigenvalue weighted by Crippen LogP contribution is -2.38. The summed E-state index contributed by atoms with van der Waals surface area (Å²) in [6.45, 7) is 12.9. The molecule has 226 valence electrons. The van der Waals surface area contributed by atoms with E-state index in [-0.39, 0.29) is 12.5 Å². The van der Waals surface area contributed by atoms with Crippen LogP contribution in [0, 0.1) is 6.92 Å². The summed E-state index contributed by atoms with van der Waals surface area (Å²) in [5.41, 5.74) is 1.81. The molecule has 0 atom stereocenters. The van der Waals surface area contributed by atoms with E-state index < -0.39 is 23.4 Å². The number of pyridine rings is 1. The van der Waals surface area contributed by atoms with Crippen LogP contribution in [0.2, 0.25) is 0 Å². The molecule has 1 aromatic carbocycles. The van der Waals surface area contributed by atoms with E-state index in [4.69, 9.17) is 9.47 Å². The monoisotopic (exact) mass is 596 g/mol. The molecule has 0 bridgehead atoms. The Bertz CT molecular complexity index is 1410. The molecule has 0 unspecified atom stereocenters. The Hall–Kier alpha value is -4.19. The highest BCUT2D eigenvalue weighted by molar-refractivity contribution is 7.13. The number of nitrogens with one attached hydrogen (secondary N) is 2. The molecule has 0 fully saturated rings. The number of amides is 3. The van der Waals surface area contributed by atoms with Crippen molar-refractivity contribution < 1.29 is 23.9 Å². The number of hydrogen-bond donors (Lipinski definition) is 2. The number of nitrogens with zero attached hydrogens (tertiary/aromatic N) is 4. The second-order valence-corrected chi connectivity index (χ2v) is 12.7. The van der Waals surface area contributed by atoms with E-state index in [0.717, 1.165) is 5.69 Å². The maximum atomic E-state index is 13.2. The van der Waals surface area contributed by atoms with Gasteiger partial charge in [-0.3, -0.25) is 15.0 Å². The summed E-state index contributed by atoms with van der Waals surface area (Å²) in [6, 6.07) is 10.5. The highest BCUT2D eigenvalue weighted by Gasteiger charge is 2.24. The largest absolute Gasteiger partial charge is 0.444 e. The van der Waals surface area contributed by atoms with E-state index in [2.05, 4.69) is 20.6 Å². The Morgan fingerprint density at radius 2 is 1.52 bits per heavy atom. The van der Waals surface area contributed by atoms with Crippen LogP contribution in [0.4, 0.5) is 31.9 Å². The predicted molar refractivity (Wildman–Crippen MR) is 167 cm³/mol. The smallest absolute Gasteiger partial charge is 0.414 e. The second kappa shape index (κ2) is 13.2. The van der Waals surface area contributed by atoms with Gasteiger partial charge in [-0.05, 0) is 84.9 Å². The van der Waals surface area contributed by atoms with Crippen LogP contribution in [0.3, 0.4) is 0 Å². The third kappa shape index (κ3) is 9.72. The third-order valence-corrected chi connectivity index (χ3v) is 6.29. The highest BCUT2D eigenvalue weighted by Crippen LogP contribution is 2.24. The van der Waals surface area contributed by atoms with Gasteiger partial charge in [0.2, 0.25) is 0 Å². The van der Waals surface area contributed by atoms with E-state index >= 15 is 0 Å². The molecule has 11 nitrogen and oxygen atoms in total. The summed E-state index contributed by atoms with van der Waals surface area (Å²) in [6.07, 6.45) is -0.677. The molecule has 0 radical (unpaired) electrons. The summed E-state index contributed by atoms with van der Waals surface area (Å²) in [5, 5.41) is 7.77. The number of carbonyl (C=O) groups is 3. The van der Waals surface area contributed by atoms with Gasteiger partial charge >= 0.3 is 12.2 Å². The quantitative estimate of drug-likeness (QED) is 0.302. The zero-order chi connectivity index (χ0) is 31.2. The minimum absolute atomic E-state index is 0.275. The zero-order valence-corrected chi connectivity index (χ0v) is 26.5. The molecule has 42 heavy (non-hydrogen) atoms. The first-order valence-corrected chi connectivity index (χ1v) is 14.4. The van der Waals surface area contributed by atoms with Crippen molar-refractivity contribution in [3.63, 3.8) is 0 Å². The van der Waals surface area contributed by atoms with Crippen LogP contribution in [0.1, 0.15) is 63.3 Å². The average Bonchev–Trinajstić information content (AvgIpc) is 3.29. The van der Waals surface area contributed by atoms with Crippen LogP contribution in [0.25, 0.3) is 0 Å². The topological polar surface area (TPSA) is 126 Å². The maximum Gasteiger partial charge on any atom is 0.414 e. The third-order valence-electron chi connectivity index (χ3n) is 5.48. The maximum absolute atomic E-state index is 13.2. The van der Waals surface area contributed by atoms with E-state index in [1.165, 1.54) is 16.2 Å². The number of hydrogen-bond acceptors (Lipinski definition) is 9. The first kappa shape index (κ1) is 32.3. The lowest BCUT2D eigenvalue weighted by molar-refractivity contribution is 0.0578. The van der Waals surface area contributed by atoms with Gasteiger partial charge < -0.3 is 19.7 Å². The lowest BCUT2D eigenvalue weighted by Gasteiger charge is -2.27. The van der Waals surface area contributed by atoms with Crippen LogP contribution >= 0.6 is 11.3 Å². The van der Waals surface area contributed by atoms with Crippen LogP contribution in [-0.4, -0.2) is 59.9 Å². The molecule has 0 aliphatic heterocycles. The molecular weight excluding hydrogens is 556 g/mol. The molecular formula is C30H40N6O5S. The molecule has 3 aromatic rings. The number of carbonyl (C=O) groups excluding carboxylic acids is 3. The van der Waals surface area contributed by atoms with Gasteiger partial charge in [0.05, 0.1) is 11.3 Å². The minimum Gasteiger partial charge on any atom is -0.444 e. The molecule has 3 rings (SSSR count). The molecule has 0 aliphatic carbocycles. The normalized spacial score (nSPS) is 11.5. The van der Waals surface area contributed by atoms with Gasteiger partial charge in [-0.1, -0.05) is 0 Å². The van der Waals surface area contributed by atoms with Crippen molar-refractivity contribution in [1.29, 1.82) is 0 Å². The molecule has 3 amide bonds. The molecule has 0 saturated heterocycles. The number of ether oxygens (including phenoxy) is 2. The van der Waals surface area contributed by atoms with Crippen molar-refractivity contribution in [3.8, 4) is 0 Å². The van der Waals surface area contributed by atoms with Gasteiger partial charge in [-0.15, -0.1) is 11.3 Å². The first-order chi connectivity index (χ1) is 19.5. The SMILES string of the molecule is Cc1ccc(C(=O)Nc2ccc(N(CCc3csc(NC(=O)OC(C)(C)C)n3)C(=O)OC(C)(C)C)cc2)c(N(C)C)n1. The molecule has 2 aromatic heterocycles. The number of aromatic nitrogens is 2. The van der Waals surface area contributed by atoms with Crippen LogP contribution in [0.5, 0.6) is 0 Å². The van der Waals surface area contributed by atoms with Crippen LogP contribution in [-0.2, 0) is 15.9 Å². The Kier molecular flexibility index (Phi) is 10.2. The van der Waals surface area contributed by atoms with E-state index in [9.17, 15) is 14.4 Å². The van der Waals surface area contributed by atoms with Gasteiger partial charge in [0.25, 0.3) is 5.91 Å². The Balaban J connectivity index is 1.74. The summed E-state index contributed by atoms with van der Waals surface area (Å²) in [7, 11) is 3.67. The number of benzene rings is 1. The standard InChI is InChI=1S/C30H40N6O5S/c1-19-10-15-23(24(31-19)35(8)9)25(37)32-20-11-13-22(14-12-20)36(28(39)41-30(5,6)7)17-16-21-18-42-26(33-21)34-27(38)40-29(2,3)4/h10-15,18H,16-17H2,1-9H3,(H,32,37)(H,33,34,38). The molecule has 0 aliphatic rings. The van der Waals surface area contributed by atoms with Gasteiger partial charge in [0, 0.05) is 49.5 Å². The van der Waals surface area contributed by atoms with Crippen molar-refractivity contribution in [2.24, 2.45) is 0 Å². The Labute approximate surface area is 251 Å². The van der Waals surface area contributed by atoms with Gasteiger partial charge in [0.1, 0.15) is 17.0 Å². The summed E-state index contributed by atoms with van der Waals surface area (Å²) in [4.78, 5) is 50.5. The molecule has 12 heteroatoms. The van der Waals surface area contributed by atoms with Crippen molar-refractivity contribution >= 4 is 51.8 Å². The average molecular weight is 597 g/mol. The number of rotatable bonds is 8. The van der Waals surface area contributed by atoms with Crippen LogP contribution in [0.15, 0.2) is 41.8 Å². The van der Waals surface area contributed by atoms with E-state index in [0.29, 0.717) is 40.0 Å². The van der Waals surface area contributed by atoms with Crippen molar-refractivity contribution in [2.45, 2.75) is 66.1 Å². The van der Waals surface area contributed by atoms with E-state index in [1.807, 2.05) is 26.4 Å². The number of thiazole rings is 1. The molecule has 2 N–H and O–H groups in total. The van der Waals surface area contributed by atoms with Gasteiger partial charge in [0.15, 0.2) is 5.13 Å². The number of aryl methyl sites for hydroxylation is 1. The summed E-state index contributed by atoms with van der Waals surface area (Å²) >= 11 is 1.27. The highest BCUT2D eigenvalue weighted by atomic mass is 32.1. The fraction of sp³-hybridized carbons (Fsp3) is 0.433. The Morgan fingerprint density at radius 3 is 2.12 bits per heavy atom.